The molecular weight excluding hydrogens is 274 g/mol. The van der Waals surface area contributed by atoms with Gasteiger partial charge in [0.2, 0.25) is 0 Å². The maximum absolute atomic E-state index is 5.43. The molecule has 3 heteroatoms. The fourth-order valence-corrected chi connectivity index (χ4v) is 2.49. The highest BCUT2D eigenvalue weighted by Gasteiger charge is 2.07. The molecule has 2 rings (SSSR count). The van der Waals surface area contributed by atoms with E-state index in [9.17, 15) is 0 Å². The molecule has 2 aromatic carbocycles. The van der Waals surface area contributed by atoms with Gasteiger partial charge in [-0.25, -0.2) is 0 Å². The van der Waals surface area contributed by atoms with Gasteiger partial charge in [-0.3, -0.25) is 0 Å². The smallest absolute Gasteiger partial charge is 0.126 e. The van der Waals surface area contributed by atoms with Crippen molar-refractivity contribution in [2.45, 2.75) is 19.4 Å². The number of hydrogen-bond acceptors (Lipinski definition) is 3. The topological polar surface area (TPSA) is 30.5 Å². The molecule has 0 spiro atoms. The van der Waals surface area contributed by atoms with Crippen molar-refractivity contribution in [1.82, 2.24) is 5.32 Å². The summed E-state index contributed by atoms with van der Waals surface area (Å²) >= 11 is 0. The van der Waals surface area contributed by atoms with E-state index in [0.717, 1.165) is 30.9 Å². The lowest BCUT2D eigenvalue weighted by Crippen LogP contribution is -2.20. The third kappa shape index (κ3) is 4.33. The summed E-state index contributed by atoms with van der Waals surface area (Å²) in [5.74, 6) is 0.904. The van der Waals surface area contributed by atoms with E-state index in [0.29, 0.717) is 6.04 Å². The first-order chi connectivity index (χ1) is 10.8. The zero-order valence-corrected chi connectivity index (χ0v) is 13.6. The first-order valence-corrected chi connectivity index (χ1v) is 7.72. The van der Waals surface area contributed by atoms with Crippen LogP contribution in [0.1, 0.15) is 24.9 Å². The predicted molar refractivity (Wildman–Crippen MR) is 91.3 cm³/mol. The highest BCUT2D eigenvalue weighted by molar-refractivity contribution is 5.70. The minimum absolute atomic E-state index is 0.337. The van der Waals surface area contributed by atoms with Gasteiger partial charge < -0.3 is 14.8 Å². The van der Waals surface area contributed by atoms with Crippen LogP contribution in [0.2, 0.25) is 0 Å². The van der Waals surface area contributed by atoms with Gasteiger partial charge in [0.25, 0.3) is 0 Å². The van der Waals surface area contributed by atoms with E-state index in [2.05, 4.69) is 42.6 Å². The van der Waals surface area contributed by atoms with Crippen molar-refractivity contribution >= 4 is 0 Å². The molecule has 0 amide bonds. The van der Waals surface area contributed by atoms with Crippen molar-refractivity contribution in [3.05, 3.63) is 54.1 Å². The molecule has 0 saturated carbocycles. The van der Waals surface area contributed by atoms with Crippen molar-refractivity contribution in [1.29, 1.82) is 0 Å². The van der Waals surface area contributed by atoms with Crippen molar-refractivity contribution in [3.8, 4) is 16.9 Å². The molecule has 118 valence electrons. The molecular formula is C19H25NO2. The molecule has 0 aliphatic carbocycles. The number of para-hydroxylation sites is 1. The number of rotatable bonds is 8. The maximum atomic E-state index is 5.43. The number of hydrogen-bond donors (Lipinski definition) is 1. The zero-order chi connectivity index (χ0) is 15.8. The molecule has 0 aromatic heterocycles. The van der Waals surface area contributed by atoms with Crippen LogP contribution in [0.25, 0.3) is 11.1 Å². The molecule has 0 aliphatic heterocycles. The van der Waals surface area contributed by atoms with Gasteiger partial charge in [-0.1, -0.05) is 42.5 Å². The lowest BCUT2D eigenvalue weighted by Gasteiger charge is -2.15. The Morgan fingerprint density at radius 1 is 1.00 bits per heavy atom. The summed E-state index contributed by atoms with van der Waals surface area (Å²) in [5.41, 5.74) is 3.58. The monoisotopic (exact) mass is 299 g/mol. The third-order valence-electron chi connectivity index (χ3n) is 3.80. The van der Waals surface area contributed by atoms with Crippen LogP contribution in [-0.4, -0.2) is 27.4 Å². The number of methoxy groups -OCH3 is 2. The average molecular weight is 299 g/mol. The SMILES string of the molecule is COCCCNC(C)c1ccc(-c2ccccc2OC)cc1. The molecule has 1 atom stereocenters. The van der Waals surface area contributed by atoms with Crippen molar-refractivity contribution in [3.63, 3.8) is 0 Å². The van der Waals surface area contributed by atoms with E-state index in [1.807, 2.05) is 18.2 Å². The van der Waals surface area contributed by atoms with Crippen molar-refractivity contribution < 1.29 is 9.47 Å². The summed E-state index contributed by atoms with van der Waals surface area (Å²) in [6.45, 7) is 3.95. The van der Waals surface area contributed by atoms with Crippen LogP contribution in [0.3, 0.4) is 0 Å². The average Bonchev–Trinajstić information content (AvgIpc) is 2.58. The van der Waals surface area contributed by atoms with Gasteiger partial charge in [0.15, 0.2) is 0 Å². The number of nitrogens with one attached hydrogen (secondary N) is 1. The maximum Gasteiger partial charge on any atom is 0.126 e. The van der Waals surface area contributed by atoms with E-state index in [-0.39, 0.29) is 0 Å². The summed E-state index contributed by atoms with van der Waals surface area (Å²) in [6.07, 6.45) is 1.03. The standard InChI is InChI=1S/C19H25NO2/c1-15(20-13-6-14-21-2)16-9-11-17(12-10-16)18-7-4-5-8-19(18)22-3/h4-5,7-12,15,20H,6,13-14H2,1-3H3. The summed E-state index contributed by atoms with van der Waals surface area (Å²) in [6, 6.07) is 17.1. The molecule has 0 bridgehead atoms. The van der Waals surface area contributed by atoms with Crippen LogP contribution in [0.5, 0.6) is 5.75 Å². The van der Waals surface area contributed by atoms with Crippen LogP contribution in [-0.2, 0) is 4.74 Å². The van der Waals surface area contributed by atoms with Crippen LogP contribution < -0.4 is 10.1 Å². The van der Waals surface area contributed by atoms with E-state index >= 15 is 0 Å². The molecule has 0 fully saturated rings. The summed E-state index contributed by atoms with van der Waals surface area (Å²) < 4.78 is 10.5. The minimum Gasteiger partial charge on any atom is -0.496 e. The Bertz CT molecular complexity index is 566. The number of ether oxygens (including phenoxy) is 2. The molecule has 1 N–H and O–H groups in total. The molecule has 2 aromatic rings. The first-order valence-electron chi connectivity index (χ1n) is 7.72. The fraction of sp³-hybridized carbons (Fsp3) is 0.368. The normalized spacial score (nSPS) is 12.1. The lowest BCUT2D eigenvalue weighted by atomic mass is 10.0. The van der Waals surface area contributed by atoms with Gasteiger partial charge in [0, 0.05) is 25.3 Å². The van der Waals surface area contributed by atoms with E-state index < -0.39 is 0 Å². The van der Waals surface area contributed by atoms with Crippen molar-refractivity contribution in [2.24, 2.45) is 0 Å². The molecule has 3 nitrogen and oxygen atoms in total. The van der Waals surface area contributed by atoms with Crippen molar-refractivity contribution in [2.75, 3.05) is 27.4 Å². The highest BCUT2D eigenvalue weighted by Crippen LogP contribution is 2.30. The Hall–Kier alpha value is -1.84. The van der Waals surface area contributed by atoms with Gasteiger partial charge in [0.1, 0.15) is 5.75 Å². The summed E-state index contributed by atoms with van der Waals surface area (Å²) in [4.78, 5) is 0. The Morgan fingerprint density at radius 3 is 2.41 bits per heavy atom. The second-order valence-electron chi connectivity index (χ2n) is 5.34. The Kier molecular flexibility index (Phi) is 6.44. The largest absolute Gasteiger partial charge is 0.496 e. The molecule has 22 heavy (non-hydrogen) atoms. The van der Waals surface area contributed by atoms with E-state index in [1.165, 1.54) is 11.1 Å². The summed E-state index contributed by atoms with van der Waals surface area (Å²) in [5, 5.41) is 3.51. The molecule has 0 aliphatic rings. The van der Waals surface area contributed by atoms with Crippen LogP contribution in [0.4, 0.5) is 0 Å². The third-order valence-corrected chi connectivity index (χ3v) is 3.80. The van der Waals surface area contributed by atoms with Gasteiger partial charge in [-0.15, -0.1) is 0 Å². The van der Waals surface area contributed by atoms with E-state index in [1.54, 1.807) is 14.2 Å². The number of benzene rings is 2. The second-order valence-corrected chi connectivity index (χ2v) is 5.34. The Morgan fingerprint density at radius 2 is 1.73 bits per heavy atom. The van der Waals surface area contributed by atoms with Gasteiger partial charge in [-0.2, -0.15) is 0 Å². The van der Waals surface area contributed by atoms with Crippen LogP contribution in [0.15, 0.2) is 48.5 Å². The molecule has 0 saturated heterocycles. The minimum atomic E-state index is 0.337. The molecule has 0 radical (unpaired) electrons. The second kappa shape index (κ2) is 8.57. The summed E-state index contributed by atoms with van der Waals surface area (Å²) in [7, 11) is 3.44. The lowest BCUT2D eigenvalue weighted by molar-refractivity contribution is 0.193. The quantitative estimate of drug-likeness (QED) is 0.746. The Labute approximate surface area is 133 Å². The van der Waals surface area contributed by atoms with Gasteiger partial charge in [-0.05, 0) is 37.1 Å². The Balaban J connectivity index is 2.03. The predicted octanol–water partition coefficient (Wildman–Crippen LogP) is 4.05. The van der Waals surface area contributed by atoms with Gasteiger partial charge >= 0.3 is 0 Å². The van der Waals surface area contributed by atoms with Gasteiger partial charge in [0.05, 0.1) is 7.11 Å². The molecule has 1 unspecified atom stereocenters. The highest BCUT2D eigenvalue weighted by atomic mass is 16.5. The molecule has 0 heterocycles. The zero-order valence-electron chi connectivity index (χ0n) is 13.6. The van der Waals surface area contributed by atoms with Crippen LogP contribution in [0, 0.1) is 0 Å². The van der Waals surface area contributed by atoms with Crippen LogP contribution >= 0.6 is 0 Å². The fourth-order valence-electron chi connectivity index (χ4n) is 2.49. The first kappa shape index (κ1) is 16.5. The van der Waals surface area contributed by atoms with E-state index in [4.69, 9.17) is 9.47 Å².